The molecule has 84 valence electrons. The van der Waals surface area contributed by atoms with Crippen molar-refractivity contribution in [2.24, 2.45) is 11.7 Å². The van der Waals surface area contributed by atoms with Crippen molar-refractivity contribution in [1.29, 1.82) is 0 Å². The van der Waals surface area contributed by atoms with Crippen LogP contribution >= 0.6 is 15.9 Å². The fourth-order valence-electron chi connectivity index (χ4n) is 1.40. The molecule has 1 atom stereocenters. The molecule has 1 unspecified atom stereocenters. The standard InChI is InChI=1S/C11H16BrNO2/c1-7(6-13)3-8-4-9(12)5-10(15-2)11(8)14/h4-5,7,14H,3,6,13H2,1-2H3. The molecule has 15 heavy (non-hydrogen) atoms. The number of hydrogen-bond donors (Lipinski definition) is 2. The Morgan fingerprint density at radius 3 is 2.73 bits per heavy atom. The lowest BCUT2D eigenvalue weighted by molar-refractivity contribution is 0.368. The van der Waals surface area contributed by atoms with Crippen LogP contribution in [0.5, 0.6) is 11.5 Å². The SMILES string of the molecule is COc1cc(Br)cc(CC(C)CN)c1O. The smallest absolute Gasteiger partial charge is 0.161 e. The number of rotatable bonds is 4. The molecule has 0 spiro atoms. The first-order chi connectivity index (χ1) is 7.08. The summed E-state index contributed by atoms with van der Waals surface area (Å²) in [7, 11) is 1.54. The second-order valence-corrected chi connectivity index (χ2v) is 4.58. The first-order valence-corrected chi connectivity index (χ1v) is 5.63. The Morgan fingerprint density at radius 2 is 2.20 bits per heavy atom. The van der Waals surface area contributed by atoms with E-state index in [4.69, 9.17) is 10.5 Å². The quantitative estimate of drug-likeness (QED) is 0.885. The van der Waals surface area contributed by atoms with Gasteiger partial charge in [0.05, 0.1) is 7.11 Å². The van der Waals surface area contributed by atoms with Crippen LogP contribution in [0.3, 0.4) is 0 Å². The van der Waals surface area contributed by atoms with Crippen molar-refractivity contribution in [1.82, 2.24) is 0 Å². The maximum Gasteiger partial charge on any atom is 0.161 e. The van der Waals surface area contributed by atoms with Crippen LogP contribution in [0.15, 0.2) is 16.6 Å². The molecule has 0 bridgehead atoms. The van der Waals surface area contributed by atoms with Gasteiger partial charge in [-0.05, 0) is 36.6 Å². The minimum Gasteiger partial charge on any atom is -0.504 e. The van der Waals surface area contributed by atoms with Gasteiger partial charge in [-0.2, -0.15) is 0 Å². The van der Waals surface area contributed by atoms with Gasteiger partial charge in [0.15, 0.2) is 11.5 Å². The number of hydrogen-bond acceptors (Lipinski definition) is 3. The minimum atomic E-state index is 0.209. The maximum atomic E-state index is 9.87. The molecule has 0 amide bonds. The van der Waals surface area contributed by atoms with Gasteiger partial charge in [-0.3, -0.25) is 0 Å². The summed E-state index contributed by atoms with van der Waals surface area (Å²) in [6.45, 7) is 2.65. The number of methoxy groups -OCH3 is 1. The van der Waals surface area contributed by atoms with E-state index in [0.717, 1.165) is 16.5 Å². The van der Waals surface area contributed by atoms with Gasteiger partial charge in [-0.25, -0.2) is 0 Å². The van der Waals surface area contributed by atoms with Gasteiger partial charge in [0.25, 0.3) is 0 Å². The topological polar surface area (TPSA) is 55.5 Å². The zero-order valence-corrected chi connectivity index (χ0v) is 10.5. The highest BCUT2D eigenvalue weighted by Gasteiger charge is 2.11. The Balaban J connectivity index is 3.01. The summed E-state index contributed by atoms with van der Waals surface area (Å²) in [6.07, 6.45) is 0.748. The van der Waals surface area contributed by atoms with E-state index >= 15 is 0 Å². The molecule has 1 aromatic rings. The lowest BCUT2D eigenvalue weighted by atomic mass is 10.0. The molecule has 0 fully saturated rings. The monoisotopic (exact) mass is 273 g/mol. The van der Waals surface area contributed by atoms with Crippen molar-refractivity contribution < 1.29 is 9.84 Å². The highest BCUT2D eigenvalue weighted by molar-refractivity contribution is 9.10. The molecule has 4 heteroatoms. The predicted molar refractivity (Wildman–Crippen MR) is 64.3 cm³/mol. The highest BCUT2D eigenvalue weighted by Crippen LogP contribution is 2.34. The molecular weight excluding hydrogens is 258 g/mol. The van der Waals surface area contributed by atoms with Gasteiger partial charge in [0.1, 0.15) is 0 Å². The summed E-state index contributed by atoms with van der Waals surface area (Å²) in [5.74, 6) is 1.04. The van der Waals surface area contributed by atoms with E-state index in [9.17, 15) is 5.11 Å². The van der Waals surface area contributed by atoms with Crippen LogP contribution in [0.25, 0.3) is 0 Å². The first-order valence-electron chi connectivity index (χ1n) is 4.84. The van der Waals surface area contributed by atoms with E-state index in [-0.39, 0.29) is 5.75 Å². The molecule has 0 saturated carbocycles. The van der Waals surface area contributed by atoms with Crippen molar-refractivity contribution in [3.63, 3.8) is 0 Å². The average Bonchev–Trinajstić information content (AvgIpc) is 2.22. The Labute approximate surface area is 98.4 Å². The average molecular weight is 274 g/mol. The van der Waals surface area contributed by atoms with Gasteiger partial charge in [-0.15, -0.1) is 0 Å². The van der Waals surface area contributed by atoms with E-state index in [1.54, 1.807) is 6.07 Å². The predicted octanol–water partition coefficient (Wildman–Crippen LogP) is 2.30. The van der Waals surface area contributed by atoms with Gasteiger partial charge < -0.3 is 15.6 Å². The minimum absolute atomic E-state index is 0.209. The number of halogens is 1. The van der Waals surface area contributed by atoms with E-state index in [1.165, 1.54) is 7.11 Å². The van der Waals surface area contributed by atoms with E-state index in [0.29, 0.717) is 18.2 Å². The van der Waals surface area contributed by atoms with Crippen molar-refractivity contribution in [3.05, 3.63) is 22.2 Å². The molecule has 1 aromatic carbocycles. The zero-order chi connectivity index (χ0) is 11.4. The fourth-order valence-corrected chi connectivity index (χ4v) is 1.88. The zero-order valence-electron chi connectivity index (χ0n) is 8.96. The molecule has 0 saturated heterocycles. The van der Waals surface area contributed by atoms with E-state index < -0.39 is 0 Å². The molecular formula is C11H16BrNO2. The molecule has 0 aliphatic heterocycles. The van der Waals surface area contributed by atoms with Crippen LogP contribution in [0, 0.1) is 5.92 Å². The molecule has 0 heterocycles. The Kier molecular flexibility index (Phi) is 4.42. The number of nitrogens with two attached hydrogens (primary N) is 1. The van der Waals surface area contributed by atoms with Gasteiger partial charge in [0.2, 0.25) is 0 Å². The van der Waals surface area contributed by atoms with Crippen molar-refractivity contribution >= 4 is 15.9 Å². The second-order valence-electron chi connectivity index (χ2n) is 3.66. The van der Waals surface area contributed by atoms with Crippen molar-refractivity contribution in [3.8, 4) is 11.5 Å². The van der Waals surface area contributed by atoms with Crippen LogP contribution in [-0.2, 0) is 6.42 Å². The van der Waals surface area contributed by atoms with Gasteiger partial charge >= 0.3 is 0 Å². The van der Waals surface area contributed by atoms with E-state index in [1.807, 2.05) is 13.0 Å². The molecule has 0 aliphatic rings. The highest BCUT2D eigenvalue weighted by atomic mass is 79.9. The summed E-state index contributed by atoms with van der Waals surface area (Å²) in [4.78, 5) is 0. The van der Waals surface area contributed by atoms with Crippen LogP contribution < -0.4 is 10.5 Å². The normalized spacial score (nSPS) is 12.5. The van der Waals surface area contributed by atoms with Gasteiger partial charge in [-0.1, -0.05) is 22.9 Å². The number of phenolic OH excluding ortho intramolecular Hbond substituents is 1. The summed E-state index contributed by atoms with van der Waals surface area (Å²) in [5.41, 5.74) is 6.41. The van der Waals surface area contributed by atoms with Crippen molar-refractivity contribution in [2.75, 3.05) is 13.7 Å². The van der Waals surface area contributed by atoms with Crippen LogP contribution in [0.4, 0.5) is 0 Å². The lowest BCUT2D eigenvalue weighted by Gasteiger charge is -2.13. The molecule has 1 rings (SSSR count). The lowest BCUT2D eigenvalue weighted by Crippen LogP contribution is -2.13. The molecule has 0 aromatic heterocycles. The third-order valence-electron chi connectivity index (χ3n) is 2.31. The second kappa shape index (κ2) is 5.37. The molecule has 0 radical (unpaired) electrons. The Morgan fingerprint density at radius 1 is 1.53 bits per heavy atom. The number of benzene rings is 1. The van der Waals surface area contributed by atoms with Crippen LogP contribution in [-0.4, -0.2) is 18.8 Å². The first kappa shape index (κ1) is 12.3. The Bertz CT molecular complexity index is 342. The third kappa shape index (κ3) is 3.11. The summed E-state index contributed by atoms with van der Waals surface area (Å²) in [6, 6.07) is 3.63. The summed E-state index contributed by atoms with van der Waals surface area (Å²) >= 11 is 3.38. The van der Waals surface area contributed by atoms with Crippen LogP contribution in [0.1, 0.15) is 12.5 Å². The number of ether oxygens (including phenoxy) is 1. The Hall–Kier alpha value is -0.740. The fraction of sp³-hybridized carbons (Fsp3) is 0.455. The number of phenols is 1. The van der Waals surface area contributed by atoms with Gasteiger partial charge in [0, 0.05) is 4.47 Å². The van der Waals surface area contributed by atoms with Crippen molar-refractivity contribution in [2.45, 2.75) is 13.3 Å². The summed E-state index contributed by atoms with van der Waals surface area (Å²) < 4.78 is 5.97. The third-order valence-corrected chi connectivity index (χ3v) is 2.77. The largest absolute Gasteiger partial charge is 0.504 e. The maximum absolute atomic E-state index is 9.87. The van der Waals surface area contributed by atoms with E-state index in [2.05, 4.69) is 15.9 Å². The number of aromatic hydroxyl groups is 1. The molecule has 0 aliphatic carbocycles. The summed E-state index contributed by atoms with van der Waals surface area (Å²) in [5, 5.41) is 9.87. The van der Waals surface area contributed by atoms with Crippen LogP contribution in [0.2, 0.25) is 0 Å². The molecule has 3 N–H and O–H groups in total. The molecule has 3 nitrogen and oxygen atoms in total.